The lowest BCUT2D eigenvalue weighted by atomic mass is 10.2. The van der Waals surface area contributed by atoms with E-state index in [2.05, 4.69) is 27.2 Å². The van der Waals surface area contributed by atoms with Crippen LogP contribution in [0.3, 0.4) is 0 Å². The molecule has 0 saturated carbocycles. The number of nitrogens with two attached hydrogens (primary N) is 1. The van der Waals surface area contributed by atoms with Gasteiger partial charge >= 0.3 is 15.1 Å². The number of ether oxygens (including phenoxy) is 2. The Morgan fingerprint density at radius 3 is 2.94 bits per heavy atom. The fourth-order valence-corrected chi connectivity index (χ4v) is 5.71. The van der Waals surface area contributed by atoms with E-state index in [0.717, 1.165) is 0 Å². The van der Waals surface area contributed by atoms with Crippen LogP contribution in [0.15, 0.2) is 12.7 Å². The van der Waals surface area contributed by atoms with Crippen molar-refractivity contribution in [2.45, 2.75) is 43.4 Å². The Bertz CT molecular complexity index is 1060. The molecule has 3 aliphatic heterocycles. The predicted octanol–water partition coefficient (Wildman–Crippen LogP) is 0.658. The third kappa shape index (κ3) is 4.53. The van der Waals surface area contributed by atoms with E-state index < -0.39 is 52.0 Å². The van der Waals surface area contributed by atoms with Crippen LogP contribution in [0.5, 0.6) is 0 Å². The lowest BCUT2D eigenvalue weighted by Gasteiger charge is -2.22. The second-order valence-corrected chi connectivity index (χ2v) is 11.0. The Morgan fingerprint density at radius 1 is 1.26 bits per heavy atom. The summed E-state index contributed by atoms with van der Waals surface area (Å²) in [7, 11) is -2.94. The Hall–Kier alpha value is -1.12. The van der Waals surface area contributed by atoms with E-state index in [1.807, 2.05) is 0 Å². The Balaban J connectivity index is 1.38. The molecule has 5 unspecified atom stereocenters. The summed E-state index contributed by atoms with van der Waals surface area (Å²) < 4.78 is 58.7. The van der Waals surface area contributed by atoms with Crippen LogP contribution in [0, 0.1) is 0 Å². The van der Waals surface area contributed by atoms with E-state index >= 15 is 0 Å². The Morgan fingerprint density at radius 2 is 2.10 bits per heavy atom. The third-order valence-corrected chi connectivity index (χ3v) is 7.46. The van der Waals surface area contributed by atoms with Gasteiger partial charge in [-0.05, 0) is 0 Å². The van der Waals surface area contributed by atoms with Crippen molar-refractivity contribution in [2.75, 3.05) is 18.9 Å². The van der Waals surface area contributed by atoms with Gasteiger partial charge in [-0.25, -0.2) is 19.5 Å². The van der Waals surface area contributed by atoms with Gasteiger partial charge in [-0.2, -0.15) is 0 Å². The number of hydrogen-bond acceptors (Lipinski definition) is 13. The molecule has 3 N–H and O–H groups in total. The van der Waals surface area contributed by atoms with Gasteiger partial charge in [0.2, 0.25) is 0 Å². The predicted molar refractivity (Wildman–Crippen MR) is 106 cm³/mol. The molecule has 0 aliphatic carbocycles. The number of rotatable bonds is 1. The fourth-order valence-electron chi connectivity index (χ4n) is 3.44. The highest BCUT2D eigenvalue weighted by atomic mass is 32.7. The van der Waals surface area contributed by atoms with E-state index in [4.69, 9.17) is 33.3 Å². The van der Waals surface area contributed by atoms with Gasteiger partial charge < -0.3 is 24.8 Å². The smallest absolute Gasteiger partial charge is 0.386 e. The van der Waals surface area contributed by atoms with Gasteiger partial charge in [0.25, 0.3) is 0 Å². The molecule has 3 fully saturated rings. The lowest BCUT2D eigenvalue weighted by Crippen LogP contribution is -2.28. The van der Waals surface area contributed by atoms with Crippen molar-refractivity contribution in [2.24, 2.45) is 0 Å². The largest absolute Gasteiger partial charge is 0.388 e. The second kappa shape index (κ2) is 8.34. The SMILES string of the molecule is Nc1ncnc2c1ncn2[C@H]1C[C@@H]2OP(=O)(S)OC[C@@H](O)C3OC3O[PH](=O)OCC2O1. The van der Waals surface area contributed by atoms with Crippen LogP contribution in [0.25, 0.3) is 11.2 Å². The number of aliphatic hydroxyl groups is 1. The third-order valence-electron chi connectivity index (χ3n) is 4.99. The van der Waals surface area contributed by atoms with Crippen molar-refractivity contribution in [3.63, 3.8) is 0 Å². The Labute approximate surface area is 181 Å². The summed E-state index contributed by atoms with van der Waals surface area (Å²) in [6, 6.07) is 0. The zero-order valence-corrected chi connectivity index (χ0v) is 18.5. The molecular formula is C14H19N5O9P2S. The van der Waals surface area contributed by atoms with Crippen LogP contribution in [-0.2, 0) is 36.7 Å². The highest BCUT2D eigenvalue weighted by molar-refractivity contribution is 8.44. The molecule has 0 bridgehead atoms. The molecule has 17 heteroatoms. The van der Waals surface area contributed by atoms with Crippen molar-refractivity contribution >= 4 is 44.3 Å². The van der Waals surface area contributed by atoms with Gasteiger partial charge in [0, 0.05) is 6.42 Å². The molecule has 3 aliphatic rings. The van der Waals surface area contributed by atoms with Gasteiger partial charge in [-0.3, -0.25) is 22.7 Å². The zero-order chi connectivity index (χ0) is 21.8. The molecule has 5 rings (SSSR count). The second-order valence-electron chi connectivity index (χ2n) is 7.07. The topological polar surface area (TPSA) is 183 Å². The first-order valence-corrected chi connectivity index (χ1v) is 13.1. The molecule has 0 radical (unpaired) electrons. The first-order valence-electron chi connectivity index (χ1n) is 9.22. The van der Waals surface area contributed by atoms with Crippen molar-refractivity contribution in [1.29, 1.82) is 0 Å². The summed E-state index contributed by atoms with van der Waals surface area (Å²) in [6.45, 7) is -4.44. The molecule has 170 valence electrons. The van der Waals surface area contributed by atoms with Gasteiger partial charge in [0.05, 0.1) is 19.5 Å². The fraction of sp³-hybridized carbons (Fsp3) is 0.643. The van der Waals surface area contributed by atoms with Crippen LogP contribution in [0.1, 0.15) is 12.6 Å². The molecule has 0 amide bonds. The number of aromatic nitrogens is 4. The summed E-state index contributed by atoms with van der Waals surface area (Å²) in [5.74, 6) is 0.215. The normalized spacial score (nSPS) is 41.5. The van der Waals surface area contributed by atoms with E-state index in [1.165, 1.54) is 12.7 Å². The molecule has 2 aromatic heterocycles. The van der Waals surface area contributed by atoms with Crippen LogP contribution >= 0.6 is 27.3 Å². The molecule has 5 heterocycles. The number of anilines is 1. The lowest BCUT2D eigenvalue weighted by molar-refractivity contribution is -0.0375. The number of hydrogen-bond donors (Lipinski definition) is 3. The number of imidazole rings is 1. The number of nitrogens with zero attached hydrogens (tertiary/aromatic N) is 4. The van der Waals surface area contributed by atoms with Crippen LogP contribution in [-0.4, -0.2) is 68.5 Å². The summed E-state index contributed by atoms with van der Waals surface area (Å²) in [5, 5.41) is 10.0. The van der Waals surface area contributed by atoms with Gasteiger partial charge in [-0.1, -0.05) is 12.2 Å². The minimum atomic E-state index is -3.88. The van der Waals surface area contributed by atoms with Crippen LogP contribution in [0.4, 0.5) is 5.82 Å². The summed E-state index contributed by atoms with van der Waals surface area (Å²) >= 11 is 3.99. The number of thiol groups is 1. The maximum absolute atomic E-state index is 12.7. The highest BCUT2D eigenvalue weighted by Gasteiger charge is 2.49. The van der Waals surface area contributed by atoms with Gasteiger partial charge in [0.1, 0.15) is 42.5 Å². The molecule has 8 atom stereocenters. The van der Waals surface area contributed by atoms with Gasteiger partial charge in [-0.15, -0.1) is 0 Å². The maximum atomic E-state index is 12.7. The number of epoxide rings is 1. The van der Waals surface area contributed by atoms with E-state index in [9.17, 15) is 14.2 Å². The van der Waals surface area contributed by atoms with Crippen molar-refractivity contribution in [3.05, 3.63) is 12.7 Å². The minimum Gasteiger partial charge on any atom is -0.388 e. The maximum Gasteiger partial charge on any atom is 0.386 e. The van der Waals surface area contributed by atoms with E-state index in [-0.39, 0.29) is 25.5 Å². The summed E-state index contributed by atoms with van der Waals surface area (Å²) in [5.41, 5.74) is 6.67. The zero-order valence-electron chi connectivity index (χ0n) is 15.7. The number of nitrogen functional groups attached to an aromatic ring is 1. The highest BCUT2D eigenvalue weighted by Crippen LogP contribution is 2.56. The van der Waals surface area contributed by atoms with Crippen molar-refractivity contribution in [1.82, 2.24) is 19.5 Å². The number of fused-ring (bicyclic) bond motifs is 3. The Kier molecular flexibility index (Phi) is 5.84. The minimum absolute atomic E-state index is 0.184. The number of aliphatic hydroxyl groups excluding tert-OH is 1. The van der Waals surface area contributed by atoms with E-state index in [0.29, 0.717) is 11.2 Å². The monoisotopic (exact) mass is 495 g/mol. The average molecular weight is 495 g/mol. The van der Waals surface area contributed by atoms with Crippen LogP contribution < -0.4 is 5.73 Å². The quantitative estimate of drug-likeness (QED) is 0.285. The average Bonchev–Trinajstić information content (AvgIpc) is 3.16. The molecule has 0 aromatic carbocycles. The molecule has 14 nitrogen and oxygen atoms in total. The summed E-state index contributed by atoms with van der Waals surface area (Å²) in [6.07, 6.45) is -2.07. The van der Waals surface area contributed by atoms with E-state index in [1.54, 1.807) is 4.57 Å². The first-order chi connectivity index (χ1) is 14.8. The molecular weight excluding hydrogens is 476 g/mol. The molecule has 2 aromatic rings. The van der Waals surface area contributed by atoms with Gasteiger partial charge in [0.15, 0.2) is 17.8 Å². The standard InChI is InChI=1S/C14H19N5O9P2S/c15-12-10-13(17-4-16-12)19(5-18-10)9-1-7-8(25-9)3-23-29(21)27-14-11(26-14)6(20)2-24-30(22,31)28-7/h4-9,11,14,20,29H,1-3H2,(H,22,31)(H2,15,16,17)/t6-,7+,8?,9-,11?,14?,30?/m1/s1. The van der Waals surface area contributed by atoms with Crippen LogP contribution in [0.2, 0.25) is 0 Å². The summed E-state index contributed by atoms with van der Waals surface area (Å²) in [4.78, 5) is 12.3. The molecule has 3 saturated heterocycles. The first kappa shape index (κ1) is 21.7. The molecule has 31 heavy (non-hydrogen) atoms. The van der Waals surface area contributed by atoms with Crippen molar-refractivity contribution < 1.29 is 41.8 Å². The van der Waals surface area contributed by atoms with Crippen molar-refractivity contribution in [3.8, 4) is 0 Å². The molecule has 0 spiro atoms.